The Kier molecular flexibility index (Phi) is 3.29. The molecular weight excluding hydrogens is 244 g/mol. The molecule has 0 saturated carbocycles. The highest BCUT2D eigenvalue weighted by molar-refractivity contribution is 5.94. The molecule has 2 rings (SSSR count). The second kappa shape index (κ2) is 4.76. The number of carboxylic acid groups (broad SMARTS) is 1. The van der Waals surface area contributed by atoms with Crippen LogP contribution in [0.15, 0.2) is 18.5 Å². The molecule has 0 atom stereocenters. The molecule has 0 aliphatic rings. The summed E-state index contributed by atoms with van der Waals surface area (Å²) < 4.78 is 6.83. The summed E-state index contributed by atoms with van der Waals surface area (Å²) in [6.45, 7) is 3.96. The Labute approximate surface area is 111 Å². The van der Waals surface area contributed by atoms with Gasteiger partial charge in [0.2, 0.25) is 0 Å². The van der Waals surface area contributed by atoms with Crippen molar-refractivity contribution in [3.05, 3.63) is 35.3 Å². The van der Waals surface area contributed by atoms with E-state index in [-0.39, 0.29) is 5.69 Å². The molecule has 0 aliphatic carbocycles. The fourth-order valence-electron chi connectivity index (χ4n) is 2.02. The molecule has 1 aromatic heterocycles. The first-order chi connectivity index (χ1) is 8.95. The molecule has 0 bridgehead atoms. The van der Waals surface area contributed by atoms with Gasteiger partial charge < -0.3 is 14.4 Å². The number of benzene rings is 1. The molecule has 0 radical (unpaired) electrons. The monoisotopic (exact) mass is 260 g/mol. The van der Waals surface area contributed by atoms with Crippen molar-refractivity contribution < 1.29 is 14.6 Å². The minimum atomic E-state index is -1.00. The van der Waals surface area contributed by atoms with E-state index in [1.165, 1.54) is 10.9 Å². The third-order valence-corrected chi connectivity index (χ3v) is 3.21. The lowest BCUT2D eigenvalue weighted by Gasteiger charge is -2.11. The Bertz CT molecular complexity index is 644. The van der Waals surface area contributed by atoms with Gasteiger partial charge in [-0.05, 0) is 37.1 Å². The van der Waals surface area contributed by atoms with Gasteiger partial charge in [0.15, 0.2) is 5.69 Å². The van der Waals surface area contributed by atoms with Crippen LogP contribution in [-0.4, -0.2) is 27.7 Å². The van der Waals surface area contributed by atoms with Gasteiger partial charge in [-0.15, -0.1) is 0 Å². The van der Waals surface area contributed by atoms with Gasteiger partial charge in [0.25, 0.3) is 0 Å². The third kappa shape index (κ3) is 2.19. The molecule has 0 fully saturated rings. The molecule has 0 unspecified atom stereocenters. The summed E-state index contributed by atoms with van der Waals surface area (Å²) in [5, 5.41) is 9.28. The van der Waals surface area contributed by atoms with Crippen molar-refractivity contribution in [2.75, 3.05) is 7.11 Å². The Balaban J connectivity index is 2.72. The van der Waals surface area contributed by atoms with E-state index in [0.717, 1.165) is 11.1 Å². The van der Waals surface area contributed by atoms with Crippen LogP contribution in [-0.2, 0) is 7.05 Å². The van der Waals surface area contributed by atoms with Crippen LogP contribution >= 0.6 is 0 Å². The van der Waals surface area contributed by atoms with Gasteiger partial charge in [-0.2, -0.15) is 0 Å². The van der Waals surface area contributed by atoms with Crippen LogP contribution in [0.3, 0.4) is 0 Å². The van der Waals surface area contributed by atoms with E-state index < -0.39 is 5.97 Å². The van der Waals surface area contributed by atoms with Gasteiger partial charge in [-0.25, -0.2) is 9.78 Å². The molecule has 0 aliphatic heterocycles. The largest absolute Gasteiger partial charge is 0.496 e. The summed E-state index contributed by atoms with van der Waals surface area (Å²) in [4.78, 5) is 15.5. The number of aromatic carboxylic acids is 1. The van der Waals surface area contributed by atoms with Crippen LogP contribution < -0.4 is 4.74 Å². The smallest absolute Gasteiger partial charge is 0.354 e. The molecule has 19 heavy (non-hydrogen) atoms. The summed E-state index contributed by atoms with van der Waals surface area (Å²) in [7, 11) is 3.23. The molecule has 1 N–H and O–H groups in total. The predicted octanol–water partition coefficient (Wildman–Crippen LogP) is 2.41. The summed E-state index contributed by atoms with van der Waals surface area (Å²) >= 11 is 0. The van der Waals surface area contributed by atoms with Gasteiger partial charge in [-0.3, -0.25) is 0 Å². The lowest BCUT2D eigenvalue weighted by atomic mass is 10.0. The maximum absolute atomic E-state index is 11.3. The first-order valence-corrected chi connectivity index (χ1v) is 5.86. The van der Waals surface area contributed by atoms with Gasteiger partial charge in [0.1, 0.15) is 11.4 Å². The average molecular weight is 260 g/mol. The van der Waals surface area contributed by atoms with Crippen LogP contribution in [0.5, 0.6) is 5.75 Å². The quantitative estimate of drug-likeness (QED) is 0.920. The number of carbonyl (C=O) groups is 1. The maximum Gasteiger partial charge on any atom is 0.354 e. The Morgan fingerprint density at radius 1 is 1.32 bits per heavy atom. The van der Waals surface area contributed by atoms with E-state index >= 15 is 0 Å². The highest BCUT2D eigenvalue weighted by Gasteiger charge is 2.20. The number of methoxy groups -OCH3 is 1. The van der Waals surface area contributed by atoms with Crippen molar-refractivity contribution >= 4 is 5.97 Å². The summed E-state index contributed by atoms with van der Waals surface area (Å²) in [6.07, 6.45) is 1.49. The van der Waals surface area contributed by atoms with Crippen molar-refractivity contribution in [2.24, 2.45) is 7.05 Å². The number of aromatic nitrogens is 2. The highest BCUT2D eigenvalue weighted by Crippen LogP contribution is 2.33. The molecule has 0 spiro atoms. The van der Waals surface area contributed by atoms with Crippen molar-refractivity contribution in [1.29, 1.82) is 0 Å². The number of hydrogen-bond donors (Lipinski definition) is 1. The van der Waals surface area contributed by atoms with Crippen LogP contribution in [0.2, 0.25) is 0 Å². The topological polar surface area (TPSA) is 64.4 Å². The number of imidazole rings is 1. The van der Waals surface area contributed by atoms with E-state index in [2.05, 4.69) is 4.98 Å². The minimum absolute atomic E-state index is 0.154. The lowest BCUT2D eigenvalue weighted by molar-refractivity contribution is 0.0687. The molecule has 0 amide bonds. The lowest BCUT2D eigenvalue weighted by Crippen LogP contribution is -2.06. The molecular formula is C14H16N2O3. The van der Waals surface area contributed by atoms with Gasteiger partial charge >= 0.3 is 5.97 Å². The molecule has 1 aromatic carbocycles. The maximum atomic E-state index is 11.3. The molecule has 5 nitrogen and oxygen atoms in total. The average Bonchev–Trinajstić information content (AvgIpc) is 2.74. The molecule has 100 valence electrons. The summed E-state index contributed by atoms with van der Waals surface area (Å²) in [6, 6.07) is 3.80. The Morgan fingerprint density at radius 3 is 2.53 bits per heavy atom. The second-order valence-corrected chi connectivity index (χ2v) is 4.49. The fourth-order valence-corrected chi connectivity index (χ4v) is 2.02. The molecule has 5 heteroatoms. The number of hydrogen-bond acceptors (Lipinski definition) is 3. The van der Waals surface area contributed by atoms with Gasteiger partial charge in [0.05, 0.1) is 13.4 Å². The standard InChI is InChI=1S/C14H16N2O3/c1-8-5-10(11(19-4)6-9(8)2)12-13(14(17)18)16(3)7-15-12/h5-7H,1-4H3,(H,17,18). The zero-order chi connectivity index (χ0) is 14.2. The molecule has 2 aromatic rings. The van der Waals surface area contributed by atoms with Gasteiger partial charge in [-0.1, -0.05) is 0 Å². The van der Waals surface area contributed by atoms with E-state index in [0.29, 0.717) is 17.0 Å². The van der Waals surface area contributed by atoms with Crippen molar-refractivity contribution in [3.8, 4) is 17.0 Å². The second-order valence-electron chi connectivity index (χ2n) is 4.49. The normalized spacial score (nSPS) is 10.5. The zero-order valence-corrected chi connectivity index (χ0v) is 11.4. The van der Waals surface area contributed by atoms with E-state index in [4.69, 9.17) is 4.74 Å². The van der Waals surface area contributed by atoms with Crippen LogP contribution in [0, 0.1) is 13.8 Å². The van der Waals surface area contributed by atoms with E-state index in [9.17, 15) is 9.90 Å². The first-order valence-electron chi connectivity index (χ1n) is 5.86. The number of aryl methyl sites for hydroxylation is 3. The molecule has 1 heterocycles. The van der Waals surface area contributed by atoms with E-state index in [1.807, 2.05) is 26.0 Å². The highest BCUT2D eigenvalue weighted by atomic mass is 16.5. The fraction of sp³-hybridized carbons (Fsp3) is 0.286. The van der Waals surface area contributed by atoms with Crippen LogP contribution in [0.25, 0.3) is 11.3 Å². The first kappa shape index (κ1) is 13.1. The summed E-state index contributed by atoms with van der Waals surface area (Å²) in [5.41, 5.74) is 3.44. The number of rotatable bonds is 3. The Hall–Kier alpha value is -2.30. The summed E-state index contributed by atoms with van der Waals surface area (Å²) in [5.74, 6) is -0.375. The van der Waals surface area contributed by atoms with Crippen LogP contribution in [0.1, 0.15) is 21.6 Å². The predicted molar refractivity (Wildman–Crippen MR) is 71.6 cm³/mol. The number of ether oxygens (including phenoxy) is 1. The molecule has 0 saturated heterocycles. The SMILES string of the molecule is COc1cc(C)c(C)cc1-c1ncn(C)c1C(=O)O. The Morgan fingerprint density at radius 2 is 1.95 bits per heavy atom. The van der Waals surface area contributed by atoms with Crippen molar-refractivity contribution in [1.82, 2.24) is 9.55 Å². The number of nitrogens with zero attached hydrogens (tertiary/aromatic N) is 2. The zero-order valence-electron chi connectivity index (χ0n) is 11.4. The number of carboxylic acids is 1. The third-order valence-electron chi connectivity index (χ3n) is 3.21. The van der Waals surface area contributed by atoms with Crippen molar-refractivity contribution in [2.45, 2.75) is 13.8 Å². The minimum Gasteiger partial charge on any atom is -0.496 e. The van der Waals surface area contributed by atoms with Crippen molar-refractivity contribution in [3.63, 3.8) is 0 Å². The van der Waals surface area contributed by atoms with Crippen LogP contribution in [0.4, 0.5) is 0 Å². The van der Waals surface area contributed by atoms with E-state index in [1.54, 1.807) is 14.2 Å². The van der Waals surface area contributed by atoms with Gasteiger partial charge in [0, 0.05) is 12.6 Å².